The Morgan fingerprint density at radius 1 is 1.03 bits per heavy atom. The summed E-state index contributed by atoms with van der Waals surface area (Å²) in [5.41, 5.74) is 4.87. The number of nitrogens with zero attached hydrogens (tertiary/aromatic N) is 3. The smallest absolute Gasteiger partial charge is 0.225 e. The number of anilines is 1. The van der Waals surface area contributed by atoms with Crippen LogP contribution in [0.2, 0.25) is 0 Å². The Balaban J connectivity index is 1.25. The van der Waals surface area contributed by atoms with Crippen LogP contribution in [0.5, 0.6) is 0 Å². The lowest BCUT2D eigenvalue weighted by Gasteiger charge is -2.30. The fraction of sp³-hybridized carbons (Fsp3) is 0.615. The molecule has 0 bridgehead atoms. The van der Waals surface area contributed by atoms with Gasteiger partial charge in [-0.05, 0) is 95.3 Å². The normalized spacial score (nSPS) is 22.0. The summed E-state index contributed by atoms with van der Waals surface area (Å²) in [4.78, 5) is 15.3. The molecule has 0 radical (unpaired) electrons. The van der Waals surface area contributed by atoms with Gasteiger partial charge in [-0.25, -0.2) is 0 Å². The summed E-state index contributed by atoms with van der Waals surface area (Å²) in [5, 5.41) is 7.71. The summed E-state index contributed by atoms with van der Waals surface area (Å²) < 4.78 is 1.99. The zero-order chi connectivity index (χ0) is 21.8. The van der Waals surface area contributed by atoms with Gasteiger partial charge < -0.3 is 10.2 Å². The van der Waals surface area contributed by atoms with Crippen molar-refractivity contribution in [1.29, 1.82) is 0 Å². The van der Waals surface area contributed by atoms with Crippen LogP contribution in [0, 0.1) is 32.6 Å². The van der Waals surface area contributed by atoms with E-state index >= 15 is 0 Å². The molecule has 2 aliphatic rings. The van der Waals surface area contributed by atoms with Gasteiger partial charge in [0.25, 0.3) is 0 Å². The van der Waals surface area contributed by atoms with Crippen molar-refractivity contribution in [2.24, 2.45) is 11.8 Å². The Labute approximate surface area is 187 Å². The third kappa shape index (κ3) is 5.97. The maximum absolute atomic E-state index is 12.6. The predicted octanol–water partition coefficient (Wildman–Crippen LogP) is 5.09. The molecule has 2 fully saturated rings. The number of carbonyl (C=O) groups is 1. The van der Waals surface area contributed by atoms with Crippen LogP contribution in [-0.2, 0) is 11.3 Å². The van der Waals surface area contributed by atoms with Crippen LogP contribution in [0.1, 0.15) is 67.3 Å². The molecule has 1 aliphatic carbocycles. The van der Waals surface area contributed by atoms with Crippen LogP contribution in [0.3, 0.4) is 0 Å². The van der Waals surface area contributed by atoms with Crippen LogP contribution in [0.25, 0.3) is 0 Å². The van der Waals surface area contributed by atoms with E-state index in [1.54, 1.807) is 0 Å². The van der Waals surface area contributed by atoms with Crippen molar-refractivity contribution in [3.05, 3.63) is 46.6 Å². The van der Waals surface area contributed by atoms with Gasteiger partial charge in [-0.2, -0.15) is 5.10 Å². The monoisotopic (exact) mass is 422 g/mol. The number of benzene rings is 1. The summed E-state index contributed by atoms with van der Waals surface area (Å²) in [6, 6.07) is 8.50. The third-order valence-electron chi connectivity index (χ3n) is 7.23. The van der Waals surface area contributed by atoms with Crippen molar-refractivity contribution in [2.75, 3.05) is 25.0 Å². The zero-order valence-electron chi connectivity index (χ0n) is 19.5. The molecule has 1 aliphatic heterocycles. The molecule has 1 N–H and O–H groups in total. The van der Waals surface area contributed by atoms with Gasteiger partial charge in [-0.3, -0.25) is 9.48 Å². The minimum atomic E-state index is 0.111. The summed E-state index contributed by atoms with van der Waals surface area (Å²) in [7, 11) is 0. The molecule has 0 atom stereocenters. The van der Waals surface area contributed by atoms with Crippen molar-refractivity contribution in [3.63, 3.8) is 0 Å². The van der Waals surface area contributed by atoms with Gasteiger partial charge >= 0.3 is 0 Å². The minimum absolute atomic E-state index is 0.111. The highest BCUT2D eigenvalue weighted by Gasteiger charge is 2.25. The standard InChI is InChI=1S/C26H38N4O/c1-19-6-7-20(2)24(14-19)18-30-21(3)15-25(28-30)27-26(31)16-22-8-10-23(11-9-22)17-29-12-4-5-13-29/h6-7,14-15,22-23H,4-5,8-13,16-18H2,1-3H3,(H,27,28,31). The van der Waals surface area contributed by atoms with E-state index in [1.165, 1.54) is 74.8 Å². The van der Waals surface area contributed by atoms with E-state index < -0.39 is 0 Å². The van der Waals surface area contributed by atoms with Gasteiger partial charge in [-0.15, -0.1) is 0 Å². The Hall–Kier alpha value is -2.14. The summed E-state index contributed by atoms with van der Waals surface area (Å²) >= 11 is 0. The molecule has 0 unspecified atom stereocenters. The molecule has 168 valence electrons. The fourth-order valence-corrected chi connectivity index (χ4v) is 5.27. The van der Waals surface area contributed by atoms with Gasteiger partial charge in [-0.1, -0.05) is 23.8 Å². The van der Waals surface area contributed by atoms with E-state index in [-0.39, 0.29) is 5.91 Å². The first-order valence-electron chi connectivity index (χ1n) is 12.1. The second-order valence-electron chi connectivity index (χ2n) is 9.91. The number of rotatable bonds is 7. The van der Waals surface area contributed by atoms with E-state index in [1.807, 2.05) is 10.7 Å². The molecule has 4 rings (SSSR count). The average Bonchev–Trinajstić information content (AvgIpc) is 3.36. The van der Waals surface area contributed by atoms with E-state index in [0.29, 0.717) is 18.2 Å². The molecule has 1 saturated heterocycles. The van der Waals surface area contributed by atoms with Crippen LogP contribution >= 0.6 is 0 Å². The van der Waals surface area contributed by atoms with Gasteiger partial charge in [0.1, 0.15) is 0 Å². The lowest BCUT2D eigenvalue weighted by molar-refractivity contribution is -0.117. The van der Waals surface area contributed by atoms with E-state index in [0.717, 1.165) is 18.2 Å². The Morgan fingerprint density at radius 3 is 2.48 bits per heavy atom. The largest absolute Gasteiger partial charge is 0.309 e. The SMILES string of the molecule is Cc1ccc(C)c(Cn2nc(NC(=O)CC3CCC(CN4CCCC4)CC3)cc2C)c1. The molecule has 31 heavy (non-hydrogen) atoms. The number of hydrogen-bond acceptors (Lipinski definition) is 3. The molecule has 1 saturated carbocycles. The molecular formula is C26H38N4O. The van der Waals surface area contributed by atoms with Crippen molar-refractivity contribution in [1.82, 2.24) is 14.7 Å². The Bertz CT molecular complexity index is 889. The highest BCUT2D eigenvalue weighted by atomic mass is 16.1. The number of likely N-dealkylation sites (tertiary alicyclic amines) is 1. The van der Waals surface area contributed by atoms with Crippen molar-refractivity contribution < 1.29 is 4.79 Å². The molecule has 1 aromatic heterocycles. The van der Waals surface area contributed by atoms with E-state index in [4.69, 9.17) is 0 Å². The number of amides is 1. The van der Waals surface area contributed by atoms with E-state index in [9.17, 15) is 4.79 Å². The zero-order valence-corrected chi connectivity index (χ0v) is 19.5. The molecular weight excluding hydrogens is 384 g/mol. The third-order valence-corrected chi connectivity index (χ3v) is 7.23. The first-order valence-corrected chi connectivity index (χ1v) is 12.1. The van der Waals surface area contributed by atoms with Gasteiger partial charge in [0.05, 0.1) is 6.54 Å². The summed E-state index contributed by atoms with van der Waals surface area (Å²) in [6.45, 7) is 10.9. The molecule has 0 spiro atoms. The number of hydrogen-bond donors (Lipinski definition) is 1. The molecule has 2 heterocycles. The van der Waals surface area contributed by atoms with Gasteiger partial charge in [0.2, 0.25) is 5.91 Å². The highest BCUT2D eigenvalue weighted by molar-refractivity contribution is 5.89. The number of aryl methyl sites for hydroxylation is 3. The van der Waals surface area contributed by atoms with Crippen LogP contribution < -0.4 is 5.32 Å². The summed E-state index contributed by atoms with van der Waals surface area (Å²) in [6.07, 6.45) is 8.29. The Morgan fingerprint density at radius 2 is 1.74 bits per heavy atom. The predicted molar refractivity (Wildman–Crippen MR) is 126 cm³/mol. The van der Waals surface area contributed by atoms with Gasteiger partial charge in [0, 0.05) is 24.7 Å². The summed E-state index contributed by atoms with van der Waals surface area (Å²) in [5.74, 6) is 2.14. The number of carbonyl (C=O) groups excluding carboxylic acids is 1. The minimum Gasteiger partial charge on any atom is -0.309 e. The maximum atomic E-state index is 12.6. The lowest BCUT2D eigenvalue weighted by atomic mass is 9.80. The molecule has 1 aromatic carbocycles. The van der Waals surface area contributed by atoms with Crippen LogP contribution in [0.15, 0.2) is 24.3 Å². The van der Waals surface area contributed by atoms with E-state index in [2.05, 4.69) is 54.3 Å². The van der Waals surface area contributed by atoms with Crippen molar-refractivity contribution in [2.45, 2.75) is 72.3 Å². The van der Waals surface area contributed by atoms with Crippen molar-refractivity contribution in [3.8, 4) is 0 Å². The second kappa shape index (κ2) is 9.99. The van der Waals surface area contributed by atoms with Crippen LogP contribution in [-0.4, -0.2) is 40.2 Å². The molecule has 5 nitrogen and oxygen atoms in total. The van der Waals surface area contributed by atoms with Crippen molar-refractivity contribution >= 4 is 11.7 Å². The molecule has 5 heteroatoms. The fourth-order valence-electron chi connectivity index (χ4n) is 5.27. The lowest BCUT2D eigenvalue weighted by Crippen LogP contribution is -2.30. The quantitative estimate of drug-likeness (QED) is 0.676. The molecule has 1 amide bonds. The topological polar surface area (TPSA) is 50.2 Å². The first-order chi connectivity index (χ1) is 15.0. The number of aromatic nitrogens is 2. The van der Waals surface area contributed by atoms with Crippen LogP contribution in [0.4, 0.5) is 5.82 Å². The average molecular weight is 423 g/mol. The highest BCUT2D eigenvalue weighted by Crippen LogP contribution is 2.32. The second-order valence-corrected chi connectivity index (χ2v) is 9.91. The maximum Gasteiger partial charge on any atom is 0.225 e. The van der Waals surface area contributed by atoms with Gasteiger partial charge in [0.15, 0.2) is 5.82 Å². The first kappa shape index (κ1) is 22.1. The molecule has 2 aromatic rings. The number of nitrogens with one attached hydrogen (secondary N) is 1. The Kier molecular flexibility index (Phi) is 7.11.